The molecule has 2 aromatic carbocycles. The van der Waals surface area contributed by atoms with E-state index in [-0.39, 0.29) is 0 Å². The van der Waals surface area contributed by atoms with Crippen molar-refractivity contribution in [3.63, 3.8) is 0 Å². The summed E-state index contributed by atoms with van der Waals surface area (Å²) < 4.78 is 0. The fraction of sp³-hybridized carbons (Fsp3) is 0.562. The van der Waals surface area contributed by atoms with Crippen LogP contribution in [0, 0.1) is 0 Å². The number of hydrogen-bond acceptors (Lipinski definition) is 6. The molecule has 0 fully saturated rings. The Morgan fingerprint density at radius 3 is 0.741 bits per heavy atom. The van der Waals surface area contributed by atoms with Crippen LogP contribution in [0.4, 0.5) is 0 Å². The van der Waals surface area contributed by atoms with E-state index in [1.165, 1.54) is 101 Å². The molecule has 5 rings (SSSR count). The lowest BCUT2D eigenvalue weighted by atomic mass is 9.83. The Balaban J connectivity index is 2.22. The molecule has 6 heteroatoms. The summed E-state index contributed by atoms with van der Waals surface area (Å²) in [5.41, 5.74) is 27.6. The van der Waals surface area contributed by atoms with Crippen molar-refractivity contribution in [2.45, 2.75) is 182 Å². The van der Waals surface area contributed by atoms with Gasteiger partial charge in [-0.3, -0.25) is 15.0 Å². The summed E-state index contributed by atoms with van der Waals surface area (Å²) in [6, 6.07) is 0. The Hall–Kier alpha value is -3.93. The molecule has 6 bridgehead atoms. The molecular formula is C48H72N6. The molecule has 3 heterocycles. The summed E-state index contributed by atoms with van der Waals surface area (Å²) in [6.07, 6.45) is 5.81. The molecule has 0 aromatic heterocycles. The summed E-state index contributed by atoms with van der Waals surface area (Å²) in [7, 11) is 0. The molecule has 0 radical (unpaired) electrons. The average molecular weight is 733 g/mol. The van der Waals surface area contributed by atoms with E-state index < -0.39 is 0 Å². The molecule has 0 unspecified atom stereocenters. The Morgan fingerprint density at radius 1 is 0.333 bits per heavy atom. The van der Waals surface area contributed by atoms with E-state index >= 15 is 0 Å². The molecule has 3 aliphatic rings. The van der Waals surface area contributed by atoms with Crippen LogP contribution in [0.1, 0.15) is 171 Å². The average Bonchev–Trinajstić information content (AvgIpc) is 3.18. The van der Waals surface area contributed by atoms with Gasteiger partial charge in [0.1, 0.15) is 0 Å². The second kappa shape index (κ2) is 19.1. The van der Waals surface area contributed by atoms with Gasteiger partial charge in [0, 0.05) is 53.9 Å². The van der Waals surface area contributed by atoms with Crippen LogP contribution in [-0.2, 0) is 77.8 Å². The Labute approximate surface area is 329 Å². The van der Waals surface area contributed by atoms with Crippen LogP contribution >= 0.6 is 0 Å². The van der Waals surface area contributed by atoms with Crippen molar-refractivity contribution in [2.75, 3.05) is 0 Å². The monoisotopic (exact) mass is 733 g/mol. The molecule has 0 spiro atoms. The number of aliphatic imine (C=N–C) groups is 3. The van der Waals surface area contributed by atoms with E-state index in [2.05, 4.69) is 120 Å². The van der Waals surface area contributed by atoms with Crippen molar-refractivity contribution in [3.05, 3.63) is 101 Å². The van der Waals surface area contributed by atoms with Crippen molar-refractivity contribution in [2.24, 2.45) is 15.0 Å². The van der Waals surface area contributed by atoms with Crippen LogP contribution in [0.3, 0.4) is 0 Å². The van der Waals surface area contributed by atoms with Gasteiger partial charge in [0.2, 0.25) is 0 Å². The first-order valence-electron chi connectivity index (χ1n) is 20.9. The molecule has 3 N–H and O–H groups in total. The predicted octanol–water partition coefficient (Wildman–Crippen LogP) is 10.8. The molecule has 2 aromatic rings. The molecule has 0 atom stereocenters. The summed E-state index contributed by atoms with van der Waals surface area (Å²) in [5.74, 6) is 0. The van der Waals surface area contributed by atoms with Gasteiger partial charge < -0.3 is 16.0 Å². The van der Waals surface area contributed by atoms with Gasteiger partial charge in [-0.15, -0.1) is 0 Å². The van der Waals surface area contributed by atoms with Gasteiger partial charge in [-0.2, -0.15) is 0 Å². The zero-order valence-corrected chi connectivity index (χ0v) is 36.8. The number of nitrogens with zero attached hydrogens (tertiary/aromatic N) is 3. The highest BCUT2D eigenvalue weighted by Gasteiger charge is 2.24. The van der Waals surface area contributed by atoms with Gasteiger partial charge in [0.05, 0.1) is 19.6 Å². The van der Waals surface area contributed by atoms with Crippen molar-refractivity contribution in [3.8, 4) is 0 Å². The molecule has 0 aliphatic carbocycles. The van der Waals surface area contributed by atoms with Crippen molar-refractivity contribution in [1.29, 1.82) is 0 Å². The predicted molar refractivity (Wildman–Crippen MR) is 235 cm³/mol. The van der Waals surface area contributed by atoms with Crippen LogP contribution in [0.2, 0.25) is 0 Å². The summed E-state index contributed by atoms with van der Waals surface area (Å²) in [4.78, 5) is 16.1. The normalized spacial score (nSPS) is 20.6. The molecular weight excluding hydrogens is 661 g/mol. The van der Waals surface area contributed by atoms with E-state index in [0.29, 0.717) is 19.6 Å². The first-order chi connectivity index (χ1) is 25.8. The third-order valence-corrected chi connectivity index (χ3v) is 12.8. The maximum Gasteiger partial charge on any atom is 0.0648 e. The van der Waals surface area contributed by atoms with Crippen LogP contribution in [0.25, 0.3) is 0 Å². The second-order valence-electron chi connectivity index (χ2n) is 15.4. The van der Waals surface area contributed by atoms with Crippen molar-refractivity contribution < 1.29 is 0 Å². The fourth-order valence-corrected chi connectivity index (χ4v) is 8.78. The lowest BCUT2D eigenvalue weighted by molar-refractivity contribution is 0.724. The Morgan fingerprint density at radius 2 is 0.537 bits per heavy atom. The van der Waals surface area contributed by atoms with Crippen molar-refractivity contribution >= 4 is 17.1 Å². The zero-order valence-electron chi connectivity index (χ0n) is 36.8. The van der Waals surface area contributed by atoms with E-state index in [9.17, 15) is 0 Å². The van der Waals surface area contributed by atoms with Gasteiger partial charge in [-0.05, 0) is 184 Å². The number of rotatable bonds is 6. The van der Waals surface area contributed by atoms with Crippen LogP contribution in [-0.4, -0.2) is 17.1 Å². The molecule has 6 nitrogen and oxygen atoms in total. The minimum absolute atomic E-state index is 0.660. The highest BCUT2D eigenvalue weighted by molar-refractivity contribution is 5.99. The second-order valence-corrected chi connectivity index (χ2v) is 15.4. The maximum absolute atomic E-state index is 5.37. The standard InChI is InChI=1S/C48H72N6/c1-16-37-43-22-49-31(10)28(7)33(12)52-25-46-40(19-4)47-26-53-34(13)29(8)32(11)50-23-44(37)39(18-3)45(38(43)17-2)24-51-35(14)30(9)36(15)54-27-48(41(46)20-5)42(47)21-6/h49-51H,16-27H2,1-15H3/b31-28-,32-29-,35-30-,52-33?,53-34?,54-36?. The Kier molecular flexibility index (Phi) is 15.1. The van der Waals surface area contributed by atoms with Crippen LogP contribution in [0.15, 0.2) is 48.8 Å². The van der Waals surface area contributed by atoms with Crippen LogP contribution in [0.5, 0.6) is 0 Å². The number of benzene rings is 2. The first kappa shape index (κ1) is 42.8. The summed E-state index contributed by atoms with van der Waals surface area (Å²) >= 11 is 0. The summed E-state index contributed by atoms with van der Waals surface area (Å²) in [6.45, 7) is 38.2. The van der Waals surface area contributed by atoms with E-state index in [4.69, 9.17) is 15.0 Å². The van der Waals surface area contributed by atoms with Gasteiger partial charge in [-0.25, -0.2) is 0 Å². The number of hydrogen-bond donors (Lipinski definition) is 3. The zero-order chi connectivity index (χ0) is 39.9. The first-order valence-corrected chi connectivity index (χ1v) is 20.9. The smallest absolute Gasteiger partial charge is 0.0648 e. The molecule has 0 saturated carbocycles. The minimum Gasteiger partial charge on any atom is -0.384 e. The minimum atomic E-state index is 0.660. The largest absolute Gasteiger partial charge is 0.384 e. The lowest BCUT2D eigenvalue weighted by Crippen LogP contribution is -2.25. The maximum atomic E-state index is 5.37. The molecule has 0 saturated heterocycles. The Bertz CT molecular complexity index is 1660. The van der Waals surface area contributed by atoms with E-state index in [1.807, 2.05) is 0 Å². The van der Waals surface area contributed by atoms with E-state index in [1.54, 1.807) is 0 Å². The quantitative estimate of drug-likeness (QED) is 0.277. The number of nitrogens with one attached hydrogen (secondary N) is 3. The van der Waals surface area contributed by atoms with Gasteiger partial charge in [-0.1, -0.05) is 41.5 Å². The lowest BCUT2D eigenvalue weighted by Gasteiger charge is -2.28. The SMILES string of the molecule is CCc1c2c(CC)c3c(CC)c1CN=C(C)/C(C)=C(/C)NCc1c(CC)c(c(CC)c(c1CC)CN/C(C)=C(/C)C(C)=NC3)CN/C(C)=C(/C)C(C)=NC2. The molecule has 294 valence electrons. The van der Waals surface area contributed by atoms with E-state index in [0.717, 1.165) is 75.3 Å². The number of fused-ring (bicyclic) bond motifs is 12. The van der Waals surface area contributed by atoms with Gasteiger partial charge >= 0.3 is 0 Å². The fourth-order valence-electron chi connectivity index (χ4n) is 8.78. The number of allylic oxidation sites excluding steroid dienone is 6. The van der Waals surface area contributed by atoms with Gasteiger partial charge in [0.25, 0.3) is 0 Å². The summed E-state index contributed by atoms with van der Waals surface area (Å²) in [5, 5.41) is 11.8. The van der Waals surface area contributed by atoms with Gasteiger partial charge in [0.15, 0.2) is 0 Å². The third-order valence-electron chi connectivity index (χ3n) is 12.8. The third kappa shape index (κ3) is 8.79. The highest BCUT2D eigenvalue weighted by Crippen LogP contribution is 2.34. The van der Waals surface area contributed by atoms with Crippen LogP contribution < -0.4 is 16.0 Å². The molecule has 54 heavy (non-hydrogen) atoms. The molecule has 3 aliphatic heterocycles. The highest BCUT2D eigenvalue weighted by atomic mass is 14.9. The topological polar surface area (TPSA) is 73.2 Å². The van der Waals surface area contributed by atoms with Crippen molar-refractivity contribution in [1.82, 2.24) is 16.0 Å². The molecule has 0 amide bonds.